The van der Waals surface area contributed by atoms with Crippen molar-refractivity contribution in [2.75, 3.05) is 13.1 Å². The predicted molar refractivity (Wildman–Crippen MR) is 66.5 cm³/mol. The van der Waals surface area contributed by atoms with E-state index in [0.717, 1.165) is 5.56 Å². The van der Waals surface area contributed by atoms with Crippen LogP contribution in [0.1, 0.15) is 18.9 Å². The molecule has 17 heavy (non-hydrogen) atoms. The Morgan fingerprint density at radius 2 is 2.12 bits per heavy atom. The zero-order valence-corrected chi connectivity index (χ0v) is 10.2. The van der Waals surface area contributed by atoms with Gasteiger partial charge < -0.3 is 10.0 Å². The first-order valence-corrected chi connectivity index (χ1v) is 6.16. The van der Waals surface area contributed by atoms with Crippen LogP contribution in [-0.4, -0.2) is 35.1 Å². The van der Waals surface area contributed by atoms with Crippen LogP contribution in [0.5, 0.6) is 0 Å². The van der Waals surface area contributed by atoms with Gasteiger partial charge in [-0.15, -0.1) is 0 Å². The Bertz CT molecular complexity index is 377. The second-order valence-electron chi connectivity index (χ2n) is 4.84. The van der Waals surface area contributed by atoms with E-state index in [1.807, 2.05) is 42.2 Å². The fourth-order valence-electron chi connectivity index (χ4n) is 2.24. The maximum Gasteiger partial charge on any atom is 0.227 e. The van der Waals surface area contributed by atoms with Crippen molar-refractivity contribution in [3.63, 3.8) is 0 Å². The van der Waals surface area contributed by atoms with Crippen LogP contribution in [0.3, 0.4) is 0 Å². The third kappa shape index (κ3) is 3.07. The topological polar surface area (TPSA) is 40.5 Å². The minimum absolute atomic E-state index is 0.162. The maximum atomic E-state index is 12.1. The highest BCUT2D eigenvalue weighted by atomic mass is 16.3. The Balaban J connectivity index is 1.93. The zero-order valence-electron chi connectivity index (χ0n) is 10.2. The number of benzene rings is 1. The largest absolute Gasteiger partial charge is 0.393 e. The molecule has 1 aliphatic rings. The van der Waals surface area contributed by atoms with E-state index in [0.29, 0.717) is 25.9 Å². The number of hydrogen-bond acceptors (Lipinski definition) is 2. The molecule has 0 aliphatic carbocycles. The van der Waals surface area contributed by atoms with E-state index in [1.54, 1.807) is 0 Å². The number of likely N-dealkylation sites (tertiary alicyclic amines) is 1. The first-order valence-electron chi connectivity index (χ1n) is 6.16. The molecule has 1 saturated heterocycles. The molecule has 3 heteroatoms. The summed E-state index contributed by atoms with van der Waals surface area (Å²) >= 11 is 0. The molecule has 1 aromatic carbocycles. The van der Waals surface area contributed by atoms with Gasteiger partial charge in [-0.05, 0) is 17.9 Å². The summed E-state index contributed by atoms with van der Waals surface area (Å²) in [6, 6.07) is 9.80. The molecular weight excluding hydrogens is 214 g/mol. The van der Waals surface area contributed by atoms with Crippen molar-refractivity contribution in [1.82, 2.24) is 4.90 Å². The number of carbonyl (C=O) groups is 1. The number of carbonyl (C=O) groups excluding carboxylic acids is 1. The maximum absolute atomic E-state index is 12.1. The number of amides is 1. The molecule has 2 atom stereocenters. The number of rotatable bonds is 2. The standard InChI is InChI=1S/C14H19NO2/c1-11-10-15(8-7-13(11)16)14(17)9-12-5-3-2-4-6-12/h2-6,11,13,16H,7-10H2,1H3. The van der Waals surface area contributed by atoms with Gasteiger partial charge in [0.05, 0.1) is 12.5 Å². The molecule has 0 radical (unpaired) electrons. The molecule has 3 nitrogen and oxygen atoms in total. The molecule has 1 amide bonds. The summed E-state index contributed by atoms with van der Waals surface area (Å²) in [5.41, 5.74) is 1.05. The lowest BCUT2D eigenvalue weighted by Gasteiger charge is -2.34. The van der Waals surface area contributed by atoms with Crippen LogP contribution >= 0.6 is 0 Å². The van der Waals surface area contributed by atoms with Crippen molar-refractivity contribution in [1.29, 1.82) is 0 Å². The quantitative estimate of drug-likeness (QED) is 0.840. The number of hydrogen-bond donors (Lipinski definition) is 1. The third-order valence-corrected chi connectivity index (χ3v) is 3.41. The van der Waals surface area contributed by atoms with E-state index in [9.17, 15) is 9.90 Å². The van der Waals surface area contributed by atoms with Gasteiger partial charge in [-0.1, -0.05) is 37.3 Å². The molecule has 0 bridgehead atoms. The van der Waals surface area contributed by atoms with E-state index in [-0.39, 0.29) is 17.9 Å². The van der Waals surface area contributed by atoms with Crippen LogP contribution in [0.25, 0.3) is 0 Å². The van der Waals surface area contributed by atoms with Gasteiger partial charge in [0.15, 0.2) is 0 Å². The molecule has 2 unspecified atom stereocenters. The molecule has 1 heterocycles. The summed E-state index contributed by atoms with van der Waals surface area (Å²) in [4.78, 5) is 13.9. The molecule has 2 rings (SSSR count). The van der Waals surface area contributed by atoms with Crippen LogP contribution in [0.15, 0.2) is 30.3 Å². The van der Waals surface area contributed by atoms with Crippen molar-refractivity contribution >= 4 is 5.91 Å². The van der Waals surface area contributed by atoms with Crippen LogP contribution in [-0.2, 0) is 11.2 Å². The van der Waals surface area contributed by atoms with Crippen molar-refractivity contribution in [3.8, 4) is 0 Å². The average molecular weight is 233 g/mol. The molecule has 92 valence electrons. The lowest BCUT2D eigenvalue weighted by atomic mass is 9.96. The predicted octanol–water partition coefficient (Wildman–Crippen LogP) is 1.46. The number of nitrogens with zero attached hydrogens (tertiary/aromatic N) is 1. The van der Waals surface area contributed by atoms with E-state index < -0.39 is 0 Å². The number of aliphatic hydroxyl groups is 1. The molecule has 0 spiro atoms. The van der Waals surface area contributed by atoms with Crippen LogP contribution in [0.4, 0.5) is 0 Å². The van der Waals surface area contributed by atoms with Gasteiger partial charge in [0.1, 0.15) is 0 Å². The van der Waals surface area contributed by atoms with Crippen LogP contribution in [0.2, 0.25) is 0 Å². The highest BCUT2D eigenvalue weighted by Crippen LogP contribution is 2.17. The molecule has 1 N–H and O–H groups in total. The normalized spacial score (nSPS) is 24.7. The fourth-order valence-corrected chi connectivity index (χ4v) is 2.24. The molecule has 1 fully saturated rings. The summed E-state index contributed by atoms with van der Waals surface area (Å²) in [7, 11) is 0. The van der Waals surface area contributed by atoms with Crippen molar-refractivity contribution < 1.29 is 9.90 Å². The van der Waals surface area contributed by atoms with Crippen LogP contribution < -0.4 is 0 Å². The first kappa shape index (κ1) is 12.1. The van der Waals surface area contributed by atoms with Crippen molar-refractivity contribution in [2.45, 2.75) is 25.9 Å². The summed E-state index contributed by atoms with van der Waals surface area (Å²) < 4.78 is 0. The van der Waals surface area contributed by atoms with Gasteiger partial charge in [0, 0.05) is 13.1 Å². The Morgan fingerprint density at radius 3 is 2.76 bits per heavy atom. The Labute approximate surface area is 102 Å². The monoisotopic (exact) mass is 233 g/mol. The lowest BCUT2D eigenvalue weighted by molar-refractivity contribution is -0.133. The van der Waals surface area contributed by atoms with Gasteiger partial charge in [0.25, 0.3) is 0 Å². The van der Waals surface area contributed by atoms with Gasteiger partial charge in [-0.25, -0.2) is 0 Å². The minimum atomic E-state index is -0.254. The molecule has 1 aromatic rings. The SMILES string of the molecule is CC1CN(C(=O)Cc2ccccc2)CCC1O. The second-order valence-corrected chi connectivity index (χ2v) is 4.84. The molecule has 1 aliphatic heterocycles. The lowest BCUT2D eigenvalue weighted by Crippen LogP contribution is -2.45. The van der Waals surface area contributed by atoms with Gasteiger partial charge in [-0.2, -0.15) is 0 Å². The van der Waals surface area contributed by atoms with E-state index in [4.69, 9.17) is 0 Å². The molecule has 0 aromatic heterocycles. The fraction of sp³-hybridized carbons (Fsp3) is 0.500. The zero-order chi connectivity index (χ0) is 12.3. The summed E-state index contributed by atoms with van der Waals surface area (Å²) in [6.07, 6.45) is 0.904. The third-order valence-electron chi connectivity index (χ3n) is 3.41. The van der Waals surface area contributed by atoms with Gasteiger partial charge >= 0.3 is 0 Å². The second kappa shape index (κ2) is 5.32. The highest BCUT2D eigenvalue weighted by molar-refractivity contribution is 5.78. The number of aliphatic hydroxyl groups excluding tert-OH is 1. The molecule has 0 saturated carbocycles. The van der Waals surface area contributed by atoms with E-state index >= 15 is 0 Å². The first-order chi connectivity index (χ1) is 8.16. The van der Waals surface area contributed by atoms with Gasteiger partial charge in [-0.3, -0.25) is 4.79 Å². The highest BCUT2D eigenvalue weighted by Gasteiger charge is 2.26. The van der Waals surface area contributed by atoms with Crippen molar-refractivity contribution in [3.05, 3.63) is 35.9 Å². The Kier molecular flexibility index (Phi) is 3.79. The average Bonchev–Trinajstić information content (AvgIpc) is 2.34. The Morgan fingerprint density at radius 1 is 1.41 bits per heavy atom. The van der Waals surface area contributed by atoms with E-state index in [1.165, 1.54) is 0 Å². The summed E-state index contributed by atoms with van der Waals surface area (Å²) in [6.45, 7) is 3.34. The number of piperidine rings is 1. The minimum Gasteiger partial charge on any atom is -0.393 e. The summed E-state index contributed by atoms with van der Waals surface area (Å²) in [5, 5.41) is 9.63. The Hall–Kier alpha value is -1.35. The van der Waals surface area contributed by atoms with Crippen LogP contribution in [0, 0.1) is 5.92 Å². The summed E-state index contributed by atoms with van der Waals surface area (Å²) in [5.74, 6) is 0.346. The van der Waals surface area contributed by atoms with Crippen molar-refractivity contribution in [2.24, 2.45) is 5.92 Å². The van der Waals surface area contributed by atoms with Gasteiger partial charge in [0.2, 0.25) is 5.91 Å². The van der Waals surface area contributed by atoms with E-state index in [2.05, 4.69) is 0 Å². The smallest absolute Gasteiger partial charge is 0.227 e. The molecular formula is C14H19NO2.